The number of phenols is 1. The number of rotatable bonds is 5. The first kappa shape index (κ1) is 13.5. The summed E-state index contributed by atoms with van der Waals surface area (Å²) in [5.41, 5.74) is 0.0532. The summed E-state index contributed by atoms with van der Waals surface area (Å²) in [6.07, 6.45) is -0.435. The summed E-state index contributed by atoms with van der Waals surface area (Å²) < 4.78 is 5.29. The van der Waals surface area contributed by atoms with Crippen LogP contribution in [0.2, 0.25) is 0 Å². The molecular formula is C11H11BrO5. The van der Waals surface area contributed by atoms with E-state index in [0.717, 1.165) is 0 Å². The third-order valence-electron chi connectivity index (χ3n) is 2.14. The van der Waals surface area contributed by atoms with Crippen molar-refractivity contribution in [3.8, 4) is 11.5 Å². The third kappa shape index (κ3) is 3.45. The Morgan fingerprint density at radius 1 is 1.35 bits per heavy atom. The summed E-state index contributed by atoms with van der Waals surface area (Å²) in [6.45, 7) is 0. The van der Waals surface area contributed by atoms with Gasteiger partial charge in [-0.05, 0) is 28.1 Å². The second-order valence-corrected chi connectivity index (χ2v) is 4.18. The number of methoxy groups -OCH3 is 1. The molecule has 6 heteroatoms. The van der Waals surface area contributed by atoms with Gasteiger partial charge in [-0.25, -0.2) is 0 Å². The van der Waals surface area contributed by atoms with Gasteiger partial charge in [0.1, 0.15) is 11.5 Å². The molecule has 0 saturated carbocycles. The Morgan fingerprint density at radius 3 is 2.53 bits per heavy atom. The average molecular weight is 303 g/mol. The Labute approximate surface area is 106 Å². The van der Waals surface area contributed by atoms with Crippen LogP contribution in [0.5, 0.6) is 11.5 Å². The highest BCUT2D eigenvalue weighted by atomic mass is 79.9. The summed E-state index contributed by atoms with van der Waals surface area (Å²) in [5, 5.41) is 18.2. The quantitative estimate of drug-likeness (QED) is 0.815. The highest BCUT2D eigenvalue weighted by molar-refractivity contribution is 9.10. The zero-order chi connectivity index (χ0) is 13.0. The molecule has 0 aromatic heterocycles. The minimum absolute atomic E-state index is 0.0532. The molecule has 0 heterocycles. The van der Waals surface area contributed by atoms with Crippen LogP contribution in [-0.2, 0) is 4.79 Å². The molecule has 1 aromatic carbocycles. The van der Waals surface area contributed by atoms with Crippen LogP contribution in [0.15, 0.2) is 16.6 Å². The van der Waals surface area contributed by atoms with Gasteiger partial charge >= 0.3 is 5.97 Å². The standard InChI is InChI=1S/C11H11BrO5/c1-17-6-4-7(11(16)8(12)5-6)9(13)2-3-10(14)15/h4-5,16H,2-3H2,1H3,(H,14,15). The number of aliphatic carboxylic acids is 1. The Hall–Kier alpha value is -1.56. The summed E-state index contributed by atoms with van der Waals surface area (Å²) in [6, 6.07) is 2.90. The lowest BCUT2D eigenvalue weighted by Gasteiger charge is -2.08. The topological polar surface area (TPSA) is 83.8 Å². The van der Waals surface area contributed by atoms with E-state index >= 15 is 0 Å². The first-order valence-corrected chi connectivity index (χ1v) is 5.56. The monoisotopic (exact) mass is 302 g/mol. The van der Waals surface area contributed by atoms with Crippen molar-refractivity contribution in [2.24, 2.45) is 0 Å². The lowest BCUT2D eigenvalue weighted by Crippen LogP contribution is -2.04. The molecule has 2 N–H and O–H groups in total. The number of Topliss-reactive ketones (excluding diaryl/α,β-unsaturated/α-hetero) is 1. The number of phenolic OH excluding ortho intramolecular Hbond substituents is 1. The molecule has 0 fully saturated rings. The zero-order valence-corrected chi connectivity index (χ0v) is 10.7. The van der Waals surface area contributed by atoms with E-state index in [0.29, 0.717) is 10.2 Å². The average Bonchev–Trinajstić information content (AvgIpc) is 2.29. The third-order valence-corrected chi connectivity index (χ3v) is 2.74. The van der Waals surface area contributed by atoms with Crippen LogP contribution in [0.3, 0.4) is 0 Å². The minimum Gasteiger partial charge on any atom is -0.506 e. The molecule has 17 heavy (non-hydrogen) atoms. The van der Waals surface area contributed by atoms with Crippen molar-refractivity contribution in [3.63, 3.8) is 0 Å². The van der Waals surface area contributed by atoms with E-state index < -0.39 is 11.8 Å². The number of carbonyl (C=O) groups is 2. The van der Waals surface area contributed by atoms with Gasteiger partial charge in [-0.2, -0.15) is 0 Å². The van der Waals surface area contributed by atoms with Gasteiger partial charge < -0.3 is 14.9 Å². The second kappa shape index (κ2) is 5.67. The molecule has 0 aliphatic rings. The normalized spacial score (nSPS) is 10.0. The van der Waals surface area contributed by atoms with Gasteiger partial charge in [0.2, 0.25) is 0 Å². The maximum atomic E-state index is 11.7. The van der Waals surface area contributed by atoms with Gasteiger partial charge in [0.05, 0.1) is 23.6 Å². The second-order valence-electron chi connectivity index (χ2n) is 3.32. The Kier molecular flexibility index (Phi) is 4.51. The van der Waals surface area contributed by atoms with Gasteiger partial charge in [0, 0.05) is 6.42 Å². The maximum absolute atomic E-state index is 11.7. The number of hydrogen-bond donors (Lipinski definition) is 2. The molecule has 0 aliphatic carbocycles. The van der Waals surface area contributed by atoms with Crippen LogP contribution < -0.4 is 4.74 Å². The Bertz CT molecular complexity index is 455. The number of benzene rings is 1. The maximum Gasteiger partial charge on any atom is 0.303 e. The van der Waals surface area contributed by atoms with E-state index in [9.17, 15) is 14.7 Å². The van der Waals surface area contributed by atoms with Crippen LogP contribution in [0.4, 0.5) is 0 Å². The van der Waals surface area contributed by atoms with Gasteiger partial charge in [0.15, 0.2) is 5.78 Å². The number of carboxylic acid groups (broad SMARTS) is 1. The number of carbonyl (C=O) groups excluding carboxylic acids is 1. The number of ether oxygens (including phenoxy) is 1. The van der Waals surface area contributed by atoms with Gasteiger partial charge in [-0.15, -0.1) is 0 Å². The van der Waals surface area contributed by atoms with E-state index in [1.165, 1.54) is 19.2 Å². The predicted molar refractivity (Wildman–Crippen MR) is 63.6 cm³/mol. The number of halogens is 1. The van der Waals surface area contributed by atoms with E-state index in [1.807, 2.05) is 0 Å². The van der Waals surface area contributed by atoms with Crippen molar-refractivity contribution in [3.05, 3.63) is 22.2 Å². The molecule has 0 saturated heterocycles. The minimum atomic E-state index is -1.06. The van der Waals surface area contributed by atoms with E-state index in [1.54, 1.807) is 0 Å². The summed E-state index contributed by atoms with van der Waals surface area (Å²) in [5.74, 6) is -1.29. The van der Waals surface area contributed by atoms with Gasteiger partial charge in [0.25, 0.3) is 0 Å². The molecule has 1 aromatic rings. The summed E-state index contributed by atoms with van der Waals surface area (Å²) in [7, 11) is 1.43. The molecule has 5 nitrogen and oxygen atoms in total. The summed E-state index contributed by atoms with van der Waals surface area (Å²) in [4.78, 5) is 22.1. The predicted octanol–water partition coefficient (Wildman–Crippen LogP) is 2.21. The lowest BCUT2D eigenvalue weighted by atomic mass is 10.1. The fraction of sp³-hybridized carbons (Fsp3) is 0.273. The highest BCUT2D eigenvalue weighted by Crippen LogP contribution is 2.33. The number of ketones is 1. The summed E-state index contributed by atoms with van der Waals surface area (Å²) >= 11 is 3.09. The fourth-order valence-corrected chi connectivity index (χ4v) is 1.70. The molecule has 0 aliphatic heterocycles. The first-order chi connectivity index (χ1) is 7.95. The Balaban J connectivity index is 2.99. The van der Waals surface area contributed by atoms with E-state index in [-0.39, 0.29) is 24.2 Å². The van der Waals surface area contributed by atoms with E-state index in [4.69, 9.17) is 9.84 Å². The van der Waals surface area contributed by atoms with Crippen LogP contribution in [0.1, 0.15) is 23.2 Å². The smallest absolute Gasteiger partial charge is 0.303 e. The highest BCUT2D eigenvalue weighted by Gasteiger charge is 2.16. The molecule has 0 radical (unpaired) electrons. The van der Waals surface area contributed by atoms with Crippen LogP contribution in [0.25, 0.3) is 0 Å². The number of carboxylic acids is 1. The fourth-order valence-electron chi connectivity index (χ4n) is 1.26. The Morgan fingerprint density at radius 2 is 2.00 bits per heavy atom. The largest absolute Gasteiger partial charge is 0.506 e. The molecule has 1 rings (SSSR count). The molecule has 0 atom stereocenters. The molecule has 0 bridgehead atoms. The molecule has 0 amide bonds. The van der Waals surface area contributed by atoms with Crippen molar-refractivity contribution >= 4 is 27.7 Å². The van der Waals surface area contributed by atoms with Gasteiger partial charge in [-0.1, -0.05) is 0 Å². The zero-order valence-electron chi connectivity index (χ0n) is 9.07. The van der Waals surface area contributed by atoms with E-state index in [2.05, 4.69) is 15.9 Å². The first-order valence-electron chi connectivity index (χ1n) is 4.77. The van der Waals surface area contributed by atoms with Crippen molar-refractivity contribution in [1.82, 2.24) is 0 Å². The number of hydrogen-bond acceptors (Lipinski definition) is 4. The molecule has 0 spiro atoms. The molecule has 92 valence electrons. The van der Waals surface area contributed by atoms with Crippen LogP contribution >= 0.6 is 15.9 Å². The van der Waals surface area contributed by atoms with Crippen molar-refractivity contribution in [2.75, 3.05) is 7.11 Å². The van der Waals surface area contributed by atoms with Crippen molar-refractivity contribution < 1.29 is 24.5 Å². The lowest BCUT2D eigenvalue weighted by molar-refractivity contribution is -0.136. The van der Waals surface area contributed by atoms with Crippen molar-refractivity contribution in [2.45, 2.75) is 12.8 Å². The SMILES string of the molecule is COc1cc(Br)c(O)c(C(=O)CCC(=O)O)c1. The van der Waals surface area contributed by atoms with Gasteiger partial charge in [-0.3, -0.25) is 9.59 Å². The van der Waals surface area contributed by atoms with Crippen LogP contribution in [0, 0.1) is 0 Å². The van der Waals surface area contributed by atoms with Crippen molar-refractivity contribution in [1.29, 1.82) is 0 Å². The molecular weight excluding hydrogens is 292 g/mol. The van der Waals surface area contributed by atoms with Crippen LogP contribution in [-0.4, -0.2) is 29.1 Å². The number of aromatic hydroxyl groups is 1. The molecule has 0 unspecified atom stereocenters.